The lowest BCUT2D eigenvalue weighted by Crippen LogP contribution is -1.96. The van der Waals surface area contributed by atoms with Gasteiger partial charge in [0.05, 0.1) is 23.8 Å². The highest BCUT2D eigenvalue weighted by molar-refractivity contribution is 5.87. The Bertz CT molecular complexity index is 859. The number of hydrogen-bond donors (Lipinski definition) is 0. The summed E-state index contributed by atoms with van der Waals surface area (Å²) in [7, 11) is 1.69. The van der Waals surface area contributed by atoms with Gasteiger partial charge in [-0.25, -0.2) is 4.98 Å². The van der Waals surface area contributed by atoms with Gasteiger partial charge in [0, 0.05) is 6.20 Å². The van der Waals surface area contributed by atoms with Crippen LogP contribution in [0, 0.1) is 0 Å². The van der Waals surface area contributed by atoms with Gasteiger partial charge in [-0.05, 0) is 36.8 Å². The van der Waals surface area contributed by atoms with E-state index in [1.165, 1.54) is 12.8 Å². The molecular weight excluding hydrogens is 284 g/mol. The Balaban J connectivity index is 2.02. The first-order valence-electron chi connectivity index (χ1n) is 8.12. The predicted octanol–water partition coefficient (Wildman–Crippen LogP) is 5.26. The lowest BCUT2D eigenvalue weighted by molar-refractivity contribution is 0.418. The fourth-order valence-electron chi connectivity index (χ4n) is 2.75. The summed E-state index contributed by atoms with van der Waals surface area (Å²) in [5.74, 6) is 0.839. The number of fused-ring (bicyclic) bond motifs is 3. The molecule has 0 aliphatic heterocycles. The molecule has 0 amide bonds. The topological polar surface area (TPSA) is 26.5 Å². The zero-order chi connectivity index (χ0) is 16.1. The monoisotopic (exact) mass is 306 g/mol. The van der Waals surface area contributed by atoms with E-state index >= 15 is 0 Å². The smallest absolute Gasteiger partial charge is 0.145 e. The van der Waals surface area contributed by atoms with Crippen LogP contribution in [-0.4, -0.2) is 16.5 Å². The highest BCUT2D eigenvalue weighted by Gasteiger charge is 2.09. The van der Waals surface area contributed by atoms with Gasteiger partial charge in [0.1, 0.15) is 11.3 Å². The summed E-state index contributed by atoms with van der Waals surface area (Å²) in [5.41, 5.74) is 3.99. The average molecular weight is 306 g/mol. The number of rotatable bonds is 6. The molecular formula is C20H22N2O. The van der Waals surface area contributed by atoms with Crippen LogP contribution in [0.15, 0.2) is 54.8 Å². The van der Waals surface area contributed by atoms with E-state index in [1.54, 1.807) is 7.11 Å². The van der Waals surface area contributed by atoms with Crippen molar-refractivity contribution in [1.29, 1.82) is 0 Å². The summed E-state index contributed by atoms with van der Waals surface area (Å²) in [6.45, 7) is 2.21. The molecule has 0 N–H and O–H groups in total. The van der Waals surface area contributed by atoms with E-state index < -0.39 is 0 Å². The predicted molar refractivity (Wildman–Crippen MR) is 96.9 cm³/mol. The van der Waals surface area contributed by atoms with Gasteiger partial charge >= 0.3 is 0 Å². The van der Waals surface area contributed by atoms with Crippen molar-refractivity contribution in [2.45, 2.75) is 26.2 Å². The van der Waals surface area contributed by atoms with Crippen molar-refractivity contribution < 1.29 is 4.74 Å². The molecule has 0 aliphatic carbocycles. The minimum atomic E-state index is 0.839. The van der Waals surface area contributed by atoms with Crippen LogP contribution < -0.4 is 4.74 Å². The Morgan fingerprint density at radius 2 is 2.09 bits per heavy atom. The van der Waals surface area contributed by atoms with Crippen molar-refractivity contribution in [1.82, 2.24) is 9.38 Å². The first kappa shape index (κ1) is 15.3. The maximum absolute atomic E-state index is 5.49. The molecule has 0 saturated heterocycles. The molecule has 3 aromatic rings. The molecule has 3 heteroatoms. The number of methoxy groups -OCH3 is 1. The standard InChI is InChI=1S/C20H22N2O/c1-3-4-5-6-7-8-11-16-18-13-10-15-22(18)20-17(21-16)12-9-14-19(20)23-2/h6-15H,3-5H2,1-2H3/b7-6+,11-8+. The molecule has 2 aromatic heterocycles. The van der Waals surface area contributed by atoms with Gasteiger partial charge in [0.15, 0.2) is 0 Å². The van der Waals surface area contributed by atoms with Crippen LogP contribution in [0.4, 0.5) is 0 Å². The van der Waals surface area contributed by atoms with Gasteiger partial charge in [-0.2, -0.15) is 0 Å². The first-order valence-corrected chi connectivity index (χ1v) is 8.12. The Kier molecular flexibility index (Phi) is 4.77. The SMILES string of the molecule is CCCC/C=C/C=C/c1nc2cccc(OC)c2n2cccc12. The van der Waals surface area contributed by atoms with E-state index in [0.29, 0.717) is 0 Å². The van der Waals surface area contributed by atoms with Crippen LogP contribution in [-0.2, 0) is 0 Å². The zero-order valence-corrected chi connectivity index (χ0v) is 13.7. The lowest BCUT2D eigenvalue weighted by atomic mass is 10.2. The largest absolute Gasteiger partial charge is 0.494 e. The van der Waals surface area contributed by atoms with Crippen LogP contribution in [0.25, 0.3) is 22.6 Å². The van der Waals surface area contributed by atoms with Crippen molar-refractivity contribution in [3.63, 3.8) is 0 Å². The van der Waals surface area contributed by atoms with Crippen LogP contribution >= 0.6 is 0 Å². The van der Waals surface area contributed by atoms with E-state index in [1.807, 2.05) is 24.3 Å². The number of unbranched alkanes of at least 4 members (excludes halogenated alkanes) is 2. The zero-order valence-electron chi connectivity index (χ0n) is 13.7. The molecule has 118 valence electrons. The maximum atomic E-state index is 5.49. The van der Waals surface area contributed by atoms with E-state index in [2.05, 4.69) is 47.9 Å². The van der Waals surface area contributed by atoms with E-state index in [4.69, 9.17) is 9.72 Å². The molecule has 3 nitrogen and oxygen atoms in total. The van der Waals surface area contributed by atoms with Gasteiger partial charge in [-0.15, -0.1) is 0 Å². The maximum Gasteiger partial charge on any atom is 0.145 e. The van der Waals surface area contributed by atoms with Crippen LogP contribution in [0.1, 0.15) is 31.9 Å². The van der Waals surface area contributed by atoms with Crippen molar-refractivity contribution in [3.8, 4) is 5.75 Å². The molecule has 2 heterocycles. The molecule has 0 saturated carbocycles. The highest BCUT2D eigenvalue weighted by Crippen LogP contribution is 2.27. The van der Waals surface area contributed by atoms with Crippen LogP contribution in [0.2, 0.25) is 0 Å². The second-order valence-corrected chi connectivity index (χ2v) is 5.52. The molecule has 0 spiro atoms. The molecule has 23 heavy (non-hydrogen) atoms. The molecule has 3 rings (SSSR count). The van der Waals surface area contributed by atoms with Gasteiger partial charge < -0.3 is 9.14 Å². The van der Waals surface area contributed by atoms with Gasteiger partial charge in [-0.3, -0.25) is 0 Å². The molecule has 0 unspecified atom stereocenters. The Labute approximate surface area is 136 Å². The average Bonchev–Trinajstić information content (AvgIpc) is 3.07. The lowest BCUT2D eigenvalue weighted by Gasteiger charge is -2.09. The molecule has 0 radical (unpaired) electrons. The third kappa shape index (κ3) is 3.14. The van der Waals surface area contributed by atoms with Crippen LogP contribution in [0.5, 0.6) is 5.75 Å². The van der Waals surface area contributed by atoms with E-state index in [-0.39, 0.29) is 0 Å². The second kappa shape index (κ2) is 7.14. The fraction of sp³-hybridized carbons (Fsp3) is 0.250. The van der Waals surface area contributed by atoms with Gasteiger partial charge in [0.25, 0.3) is 0 Å². The van der Waals surface area contributed by atoms with Crippen molar-refractivity contribution in [2.24, 2.45) is 0 Å². The number of nitrogens with zero attached hydrogens (tertiary/aromatic N) is 2. The van der Waals surface area contributed by atoms with E-state index in [9.17, 15) is 0 Å². The highest BCUT2D eigenvalue weighted by atomic mass is 16.5. The number of hydrogen-bond acceptors (Lipinski definition) is 2. The summed E-state index contributed by atoms with van der Waals surface area (Å²) in [6, 6.07) is 10.1. The molecule has 0 bridgehead atoms. The normalized spacial score (nSPS) is 12.1. The van der Waals surface area contributed by atoms with Crippen molar-refractivity contribution in [2.75, 3.05) is 7.11 Å². The van der Waals surface area contributed by atoms with Crippen LogP contribution in [0.3, 0.4) is 0 Å². The number of aromatic nitrogens is 2. The van der Waals surface area contributed by atoms with Gasteiger partial charge in [-0.1, -0.05) is 44.1 Å². The third-order valence-corrected chi connectivity index (χ3v) is 3.92. The summed E-state index contributed by atoms with van der Waals surface area (Å²) in [5, 5.41) is 0. The minimum Gasteiger partial charge on any atom is -0.494 e. The Hall–Kier alpha value is -2.55. The number of allylic oxidation sites excluding steroid dienone is 3. The Morgan fingerprint density at radius 1 is 1.17 bits per heavy atom. The molecule has 0 aliphatic rings. The molecule has 0 fully saturated rings. The number of benzene rings is 1. The minimum absolute atomic E-state index is 0.839. The number of para-hydroxylation sites is 1. The second-order valence-electron chi connectivity index (χ2n) is 5.52. The molecule has 1 aromatic carbocycles. The fourth-order valence-corrected chi connectivity index (χ4v) is 2.75. The number of ether oxygens (including phenoxy) is 1. The van der Waals surface area contributed by atoms with Crippen molar-refractivity contribution in [3.05, 3.63) is 60.5 Å². The third-order valence-electron chi connectivity index (χ3n) is 3.92. The summed E-state index contributed by atoms with van der Waals surface area (Å²) >= 11 is 0. The quantitative estimate of drug-likeness (QED) is 0.459. The molecule has 0 atom stereocenters. The van der Waals surface area contributed by atoms with Crippen molar-refractivity contribution >= 4 is 22.6 Å². The summed E-state index contributed by atoms with van der Waals surface area (Å²) < 4.78 is 7.63. The van der Waals surface area contributed by atoms with Gasteiger partial charge in [0.2, 0.25) is 0 Å². The Morgan fingerprint density at radius 3 is 2.91 bits per heavy atom. The first-order chi connectivity index (χ1) is 11.3. The summed E-state index contributed by atoms with van der Waals surface area (Å²) in [6.07, 6.45) is 14.1. The van der Waals surface area contributed by atoms with E-state index in [0.717, 1.165) is 34.4 Å². The summed E-state index contributed by atoms with van der Waals surface area (Å²) in [4.78, 5) is 4.80.